The molecule has 0 saturated heterocycles. The minimum atomic E-state index is -0.675. The summed E-state index contributed by atoms with van der Waals surface area (Å²) in [5.74, 6) is 1.14. The molecule has 0 amide bonds. The maximum atomic E-state index is 9.96. The summed E-state index contributed by atoms with van der Waals surface area (Å²) in [6.45, 7) is 17.3. The van der Waals surface area contributed by atoms with Gasteiger partial charge in [-0.1, -0.05) is 116 Å². The zero-order valence-corrected chi connectivity index (χ0v) is 24.1. The molecule has 2 rings (SSSR count). The Morgan fingerprint density at radius 3 is 2.03 bits per heavy atom. The van der Waals surface area contributed by atoms with E-state index in [1.165, 1.54) is 33.9 Å². The third-order valence-corrected chi connectivity index (χ3v) is 5.76. The Balaban J connectivity index is 0. The smallest absolute Gasteiger partial charge is 0.303 e. The summed E-state index contributed by atoms with van der Waals surface area (Å²) in [6, 6.07) is 13.1. The van der Waals surface area contributed by atoms with Crippen molar-refractivity contribution in [3.05, 3.63) is 71.3 Å². The number of aryl methyl sites for hydroxylation is 1. The van der Waals surface area contributed by atoms with Gasteiger partial charge in [-0.2, -0.15) is 0 Å². The quantitative estimate of drug-likeness (QED) is 0.224. The molecule has 0 fully saturated rings. The Bertz CT molecular complexity index is 843. The molecule has 0 heterocycles. The van der Waals surface area contributed by atoms with Crippen LogP contribution in [0.5, 0.6) is 0 Å². The largest absolute Gasteiger partial charge is 0.481 e. The number of carbonyl (C=O) groups is 1. The minimum absolute atomic E-state index is 0.0830. The van der Waals surface area contributed by atoms with E-state index in [-0.39, 0.29) is 5.41 Å². The average molecular weight is 520 g/mol. The number of hydrogen-bond donors (Lipinski definition) is 1. The summed E-state index contributed by atoms with van der Waals surface area (Å²) in [4.78, 5) is 9.96. The van der Waals surface area contributed by atoms with E-state index in [0.717, 1.165) is 19.3 Å². The Kier molecular flexibility index (Phi) is 19.8. The molecule has 2 aromatic rings. The van der Waals surface area contributed by atoms with E-state index < -0.39 is 5.97 Å². The van der Waals surface area contributed by atoms with Gasteiger partial charge in [-0.25, -0.2) is 0 Å². The lowest BCUT2D eigenvalue weighted by molar-refractivity contribution is -0.137. The predicted octanol–water partition coefficient (Wildman–Crippen LogP) is 10.0. The van der Waals surface area contributed by atoms with Crippen molar-refractivity contribution in [1.82, 2.24) is 0 Å². The number of unbranched alkanes of at least 4 members (excludes halogenated alkanes) is 3. The van der Waals surface area contributed by atoms with Crippen LogP contribution >= 0.6 is 15.9 Å². The van der Waals surface area contributed by atoms with Crippen LogP contribution in [0.3, 0.4) is 0 Å². The van der Waals surface area contributed by atoms with Crippen LogP contribution in [0.25, 0.3) is 10.8 Å². The summed E-state index contributed by atoms with van der Waals surface area (Å²) < 4.78 is 0. The molecule has 186 valence electrons. The van der Waals surface area contributed by atoms with Crippen LogP contribution in [-0.4, -0.2) is 16.9 Å². The van der Waals surface area contributed by atoms with E-state index in [0.29, 0.717) is 6.42 Å². The van der Waals surface area contributed by atoms with Crippen molar-refractivity contribution in [1.29, 1.82) is 0 Å². The second-order valence-corrected chi connectivity index (χ2v) is 8.45. The molecular formula is C30H47BrO2. The first kappa shape index (κ1) is 33.3. The fourth-order valence-electron chi connectivity index (χ4n) is 3.47. The number of fused-ring (bicyclic) bond motifs is 1. The van der Waals surface area contributed by atoms with Crippen LogP contribution < -0.4 is 0 Å². The summed E-state index contributed by atoms with van der Waals surface area (Å²) in [7, 11) is 0. The molecule has 3 heteroatoms. The highest BCUT2D eigenvalue weighted by molar-refractivity contribution is 9.08. The van der Waals surface area contributed by atoms with E-state index in [1.807, 2.05) is 31.8 Å². The number of carboxylic acids is 1. The Morgan fingerprint density at radius 1 is 0.970 bits per heavy atom. The van der Waals surface area contributed by atoms with E-state index in [4.69, 9.17) is 5.11 Å². The van der Waals surface area contributed by atoms with Crippen molar-refractivity contribution in [3.8, 4) is 0 Å². The molecule has 0 aromatic heterocycles. The minimum Gasteiger partial charge on any atom is -0.481 e. The highest BCUT2D eigenvalue weighted by Crippen LogP contribution is 2.38. The van der Waals surface area contributed by atoms with E-state index >= 15 is 0 Å². The van der Waals surface area contributed by atoms with Crippen LogP contribution in [0.15, 0.2) is 60.2 Å². The zero-order chi connectivity index (χ0) is 25.9. The van der Waals surface area contributed by atoms with Gasteiger partial charge in [0, 0.05) is 11.8 Å². The Labute approximate surface area is 212 Å². The highest BCUT2D eigenvalue weighted by atomic mass is 79.9. The topological polar surface area (TPSA) is 37.3 Å². The number of allylic oxidation sites excluding steroid dienone is 4. The molecule has 0 bridgehead atoms. The van der Waals surface area contributed by atoms with Gasteiger partial charge in [0.2, 0.25) is 0 Å². The molecule has 2 aromatic carbocycles. The lowest BCUT2D eigenvalue weighted by Crippen LogP contribution is -2.20. The number of halogens is 1. The maximum absolute atomic E-state index is 9.96. The number of benzene rings is 2. The average Bonchev–Trinajstić information content (AvgIpc) is 2.82. The van der Waals surface area contributed by atoms with Crippen LogP contribution in [0.2, 0.25) is 0 Å². The van der Waals surface area contributed by atoms with Crippen LogP contribution in [0.4, 0.5) is 0 Å². The predicted molar refractivity (Wildman–Crippen MR) is 153 cm³/mol. The van der Waals surface area contributed by atoms with Gasteiger partial charge in [-0.3, -0.25) is 4.79 Å². The standard InChI is InChI=1S/C18H22.C7H14O2.C4H8.CH3Br/c1-6-14(3)18(4,5)17-13(2)11-12-15-9-7-8-10-16(15)17;1-2-3-4-5-6-7(8)9;1-3-4-2;1-2/h6-12H,1-5H3;2-6H2,1H3,(H,8,9);3-4H,1-2H3;1H3/b14-6-;;4-3-;. The first-order chi connectivity index (χ1) is 15.7. The van der Waals surface area contributed by atoms with Crippen molar-refractivity contribution < 1.29 is 9.90 Å². The van der Waals surface area contributed by atoms with Gasteiger partial charge < -0.3 is 5.11 Å². The molecule has 0 atom stereocenters. The normalized spacial score (nSPS) is 11.0. The third kappa shape index (κ3) is 12.8. The molecule has 0 radical (unpaired) electrons. The van der Waals surface area contributed by atoms with Crippen molar-refractivity contribution in [2.75, 3.05) is 5.83 Å². The van der Waals surface area contributed by atoms with Gasteiger partial charge in [-0.05, 0) is 68.8 Å². The number of rotatable bonds is 7. The van der Waals surface area contributed by atoms with Crippen molar-refractivity contribution in [3.63, 3.8) is 0 Å². The summed E-state index contributed by atoms with van der Waals surface area (Å²) in [6.07, 6.45) is 10.8. The molecule has 0 aliphatic carbocycles. The molecule has 33 heavy (non-hydrogen) atoms. The number of alkyl halides is 1. The maximum Gasteiger partial charge on any atom is 0.303 e. The second kappa shape index (κ2) is 19.6. The Hall–Kier alpha value is -1.87. The molecular weight excluding hydrogens is 472 g/mol. The molecule has 2 nitrogen and oxygen atoms in total. The zero-order valence-electron chi connectivity index (χ0n) is 22.5. The van der Waals surface area contributed by atoms with Gasteiger partial charge in [0.1, 0.15) is 0 Å². The monoisotopic (exact) mass is 518 g/mol. The lowest BCUT2D eigenvalue weighted by atomic mass is 9.74. The summed E-state index contributed by atoms with van der Waals surface area (Å²) in [5, 5.41) is 10.9. The molecule has 0 aliphatic heterocycles. The van der Waals surface area contributed by atoms with Crippen LogP contribution in [0, 0.1) is 6.92 Å². The number of hydrogen-bond acceptors (Lipinski definition) is 1. The van der Waals surface area contributed by atoms with E-state index in [9.17, 15) is 4.79 Å². The molecule has 0 saturated carbocycles. The first-order valence-corrected chi connectivity index (χ1v) is 13.5. The van der Waals surface area contributed by atoms with Crippen LogP contribution in [0.1, 0.15) is 91.7 Å². The SMILES string of the molecule is C/C=C(/C)C(C)(C)c1c(C)ccc2ccccc12.C/C=C\C.CBr.CCCCCCC(=O)O. The van der Waals surface area contributed by atoms with Crippen molar-refractivity contribution in [2.45, 2.75) is 92.9 Å². The summed E-state index contributed by atoms with van der Waals surface area (Å²) in [5.41, 5.74) is 4.33. The summed E-state index contributed by atoms with van der Waals surface area (Å²) >= 11 is 2.94. The number of carboxylic acid groups (broad SMARTS) is 1. The van der Waals surface area contributed by atoms with Crippen molar-refractivity contribution in [2.24, 2.45) is 0 Å². The molecule has 1 N–H and O–H groups in total. The third-order valence-electron chi connectivity index (χ3n) is 5.76. The number of aliphatic carboxylic acids is 1. The molecule has 0 aliphatic rings. The highest BCUT2D eigenvalue weighted by Gasteiger charge is 2.25. The lowest BCUT2D eigenvalue weighted by Gasteiger charge is -2.30. The van der Waals surface area contributed by atoms with Crippen molar-refractivity contribution >= 4 is 32.7 Å². The van der Waals surface area contributed by atoms with Gasteiger partial charge in [0.25, 0.3) is 0 Å². The fourth-order valence-corrected chi connectivity index (χ4v) is 3.47. The first-order valence-electron chi connectivity index (χ1n) is 12.0. The van der Waals surface area contributed by atoms with E-state index in [1.54, 1.807) is 0 Å². The van der Waals surface area contributed by atoms with Gasteiger partial charge >= 0.3 is 5.97 Å². The van der Waals surface area contributed by atoms with E-state index in [2.05, 4.69) is 99.9 Å². The molecule has 0 spiro atoms. The fraction of sp³-hybridized carbons (Fsp3) is 0.500. The van der Waals surface area contributed by atoms with Crippen LogP contribution in [-0.2, 0) is 10.2 Å². The Morgan fingerprint density at radius 2 is 1.55 bits per heavy atom. The van der Waals surface area contributed by atoms with Gasteiger partial charge in [0.05, 0.1) is 0 Å². The second-order valence-electron chi connectivity index (χ2n) is 8.45. The van der Waals surface area contributed by atoms with Gasteiger partial charge in [0.15, 0.2) is 0 Å². The van der Waals surface area contributed by atoms with Gasteiger partial charge in [-0.15, -0.1) is 0 Å². The molecule has 0 unspecified atom stereocenters.